The van der Waals surface area contributed by atoms with Crippen LogP contribution in [0, 0.1) is 2.88 Å². The molecule has 1 aromatic heterocycles. The monoisotopic (exact) mass is 373 g/mol. The van der Waals surface area contributed by atoms with Crippen LogP contribution in [0.1, 0.15) is 11.7 Å². The highest BCUT2D eigenvalue weighted by molar-refractivity contribution is 14.1. The first-order chi connectivity index (χ1) is 7.82. The second kappa shape index (κ2) is 4.29. The Bertz CT molecular complexity index is 566. The normalized spacial score (nSPS) is 14.2. The molecule has 2 nitrogen and oxygen atoms in total. The molecule has 1 aromatic carbocycles. The molecule has 0 fully saturated rings. The number of hydrogen-bond acceptors (Lipinski definition) is 3. The molecule has 1 atom stereocenters. The van der Waals surface area contributed by atoms with E-state index >= 15 is 0 Å². The number of hydrogen-bond donors (Lipinski definition) is 2. The molecule has 0 radical (unpaired) electrons. The predicted octanol–water partition coefficient (Wildman–Crippen LogP) is 3.68. The molecule has 0 spiro atoms. The molecule has 1 unspecified atom stereocenters. The largest absolute Gasteiger partial charge is 0.418 e. The van der Waals surface area contributed by atoms with Crippen LogP contribution in [-0.2, 0) is 0 Å². The maximum absolute atomic E-state index is 12.5. The van der Waals surface area contributed by atoms with Crippen LogP contribution in [0.3, 0.4) is 0 Å². The molecule has 0 aliphatic heterocycles. The number of nitrogens with two attached hydrogens (primary N) is 1. The summed E-state index contributed by atoms with van der Waals surface area (Å²) < 4.78 is 38.6. The summed E-state index contributed by atoms with van der Waals surface area (Å²) in [7, 11) is 0. The minimum absolute atomic E-state index is 0.106. The smallest absolute Gasteiger partial charge is 0.398 e. The van der Waals surface area contributed by atoms with Crippen molar-refractivity contribution in [2.75, 3.05) is 5.73 Å². The molecule has 3 N–H and O–H groups in total. The Morgan fingerprint density at radius 1 is 1.35 bits per heavy atom. The van der Waals surface area contributed by atoms with Gasteiger partial charge in [-0.2, -0.15) is 13.2 Å². The topological polar surface area (TPSA) is 46.2 Å². The Morgan fingerprint density at radius 3 is 2.59 bits per heavy atom. The summed E-state index contributed by atoms with van der Waals surface area (Å²) in [5, 5.41) is 9.72. The van der Waals surface area contributed by atoms with Crippen molar-refractivity contribution in [2.24, 2.45) is 0 Å². The Balaban J connectivity index is 2.70. The number of anilines is 1. The Hall–Kier alpha value is -0.540. The molecule has 0 saturated heterocycles. The summed E-state index contributed by atoms with van der Waals surface area (Å²) in [6.45, 7) is 0. The van der Waals surface area contributed by atoms with Crippen molar-refractivity contribution < 1.29 is 18.3 Å². The van der Waals surface area contributed by atoms with Gasteiger partial charge >= 0.3 is 6.18 Å². The molecule has 1 heterocycles. The van der Waals surface area contributed by atoms with Crippen LogP contribution in [0.25, 0.3) is 10.1 Å². The third-order valence-electron chi connectivity index (χ3n) is 2.32. The molecule has 2 rings (SSSR count). The van der Waals surface area contributed by atoms with Gasteiger partial charge in [0.25, 0.3) is 0 Å². The predicted molar refractivity (Wildman–Crippen MR) is 70.0 cm³/mol. The van der Waals surface area contributed by atoms with Gasteiger partial charge in [0.15, 0.2) is 6.10 Å². The lowest BCUT2D eigenvalue weighted by Crippen LogP contribution is -2.20. The second-order valence-corrected chi connectivity index (χ2v) is 6.29. The van der Waals surface area contributed by atoms with E-state index in [9.17, 15) is 18.3 Å². The van der Waals surface area contributed by atoms with Gasteiger partial charge in [0.05, 0.1) is 7.58 Å². The molecule has 0 bridgehead atoms. The number of rotatable bonds is 1. The molecule has 0 aliphatic rings. The van der Waals surface area contributed by atoms with E-state index in [0.29, 0.717) is 18.7 Å². The lowest BCUT2D eigenvalue weighted by Gasteiger charge is -2.14. The van der Waals surface area contributed by atoms with Crippen molar-refractivity contribution in [3.8, 4) is 0 Å². The quantitative estimate of drug-likeness (QED) is 0.592. The average molecular weight is 373 g/mol. The number of fused-ring (bicyclic) bond motifs is 1. The molecule has 92 valence electrons. The van der Waals surface area contributed by atoms with Gasteiger partial charge in [0.1, 0.15) is 0 Å². The molecular formula is C10H7F3INOS. The van der Waals surface area contributed by atoms with Crippen molar-refractivity contribution in [2.45, 2.75) is 12.3 Å². The third kappa shape index (κ3) is 2.23. The van der Waals surface area contributed by atoms with E-state index in [-0.39, 0.29) is 5.56 Å². The number of benzene rings is 1. The van der Waals surface area contributed by atoms with Crippen molar-refractivity contribution in [3.05, 3.63) is 26.6 Å². The summed E-state index contributed by atoms with van der Waals surface area (Å²) in [4.78, 5) is 0. The molecule has 17 heavy (non-hydrogen) atoms. The first kappa shape index (κ1) is 12.9. The second-order valence-electron chi connectivity index (χ2n) is 3.46. The highest BCUT2D eigenvalue weighted by Gasteiger charge is 2.42. The number of nitrogen functional groups attached to an aromatic ring is 1. The Kier molecular flexibility index (Phi) is 3.25. The van der Waals surface area contributed by atoms with Gasteiger partial charge < -0.3 is 10.8 Å². The maximum Gasteiger partial charge on any atom is 0.418 e. The number of thiophene rings is 1. The first-order valence-electron chi connectivity index (χ1n) is 4.53. The van der Waals surface area contributed by atoms with Gasteiger partial charge in [-0.3, -0.25) is 0 Å². The number of aliphatic hydroxyl groups is 1. The lowest BCUT2D eigenvalue weighted by atomic mass is 10.1. The first-order valence-corrected chi connectivity index (χ1v) is 6.43. The molecular weight excluding hydrogens is 366 g/mol. The minimum Gasteiger partial charge on any atom is -0.398 e. The third-order valence-corrected chi connectivity index (χ3v) is 4.62. The lowest BCUT2D eigenvalue weighted by molar-refractivity contribution is -0.206. The Labute approximate surface area is 112 Å². The van der Waals surface area contributed by atoms with Crippen LogP contribution in [0.15, 0.2) is 18.2 Å². The highest BCUT2D eigenvalue weighted by Crippen LogP contribution is 2.43. The van der Waals surface area contributed by atoms with E-state index in [2.05, 4.69) is 0 Å². The van der Waals surface area contributed by atoms with Gasteiger partial charge in [-0.05, 0) is 28.7 Å². The van der Waals surface area contributed by atoms with Gasteiger partial charge in [0, 0.05) is 16.6 Å². The summed E-state index contributed by atoms with van der Waals surface area (Å²) in [6, 6.07) is 4.74. The minimum atomic E-state index is -4.67. The van der Waals surface area contributed by atoms with Gasteiger partial charge in [-0.25, -0.2) is 0 Å². The van der Waals surface area contributed by atoms with E-state index in [4.69, 9.17) is 5.73 Å². The van der Waals surface area contributed by atoms with Crippen LogP contribution in [0.4, 0.5) is 18.9 Å². The SMILES string of the molecule is Nc1cccc2c(C(O)C(F)(F)F)c(I)sc12. The Morgan fingerprint density at radius 2 is 2.00 bits per heavy atom. The van der Waals surface area contributed by atoms with E-state index in [1.54, 1.807) is 34.7 Å². The fourth-order valence-electron chi connectivity index (χ4n) is 1.55. The van der Waals surface area contributed by atoms with Crippen LogP contribution < -0.4 is 5.73 Å². The molecule has 2 aromatic rings. The van der Waals surface area contributed by atoms with Crippen LogP contribution >= 0.6 is 33.9 Å². The number of aliphatic hydroxyl groups excluding tert-OH is 1. The van der Waals surface area contributed by atoms with Crippen LogP contribution in [0.2, 0.25) is 0 Å². The highest BCUT2D eigenvalue weighted by atomic mass is 127. The van der Waals surface area contributed by atoms with Crippen LogP contribution in [0.5, 0.6) is 0 Å². The van der Waals surface area contributed by atoms with E-state index < -0.39 is 12.3 Å². The fourth-order valence-corrected chi connectivity index (χ4v) is 3.78. The zero-order valence-electron chi connectivity index (χ0n) is 8.25. The zero-order chi connectivity index (χ0) is 12.8. The summed E-state index contributed by atoms with van der Waals surface area (Å²) >= 11 is 2.94. The van der Waals surface area contributed by atoms with Crippen molar-refractivity contribution >= 4 is 49.7 Å². The van der Waals surface area contributed by atoms with Crippen LogP contribution in [-0.4, -0.2) is 11.3 Å². The van der Waals surface area contributed by atoms with Gasteiger partial charge in [-0.15, -0.1) is 11.3 Å². The maximum atomic E-state index is 12.5. The van der Waals surface area contributed by atoms with Gasteiger partial charge in [-0.1, -0.05) is 12.1 Å². The number of alkyl halides is 3. The summed E-state index contributed by atoms with van der Waals surface area (Å²) in [5.41, 5.74) is 6.01. The average Bonchev–Trinajstić information content (AvgIpc) is 2.54. The van der Waals surface area contributed by atoms with E-state index in [0.717, 1.165) is 11.3 Å². The van der Waals surface area contributed by atoms with Crippen molar-refractivity contribution in [1.82, 2.24) is 0 Å². The summed E-state index contributed by atoms with van der Waals surface area (Å²) in [6.07, 6.45) is -7.14. The molecule has 0 aliphatic carbocycles. The van der Waals surface area contributed by atoms with E-state index in [1.807, 2.05) is 0 Å². The number of halogens is 4. The van der Waals surface area contributed by atoms with Crippen molar-refractivity contribution in [3.63, 3.8) is 0 Å². The fraction of sp³-hybridized carbons (Fsp3) is 0.200. The standard InChI is InChI=1S/C10H7F3INOS/c11-10(12,13)8(16)6-4-2-1-3-5(15)7(4)17-9(6)14/h1-3,8,16H,15H2. The zero-order valence-corrected chi connectivity index (χ0v) is 11.2. The molecule has 0 amide bonds. The van der Waals surface area contributed by atoms with Crippen molar-refractivity contribution in [1.29, 1.82) is 0 Å². The molecule has 0 saturated carbocycles. The van der Waals surface area contributed by atoms with Gasteiger partial charge in [0.2, 0.25) is 0 Å². The summed E-state index contributed by atoms with van der Waals surface area (Å²) in [5.74, 6) is 0. The molecule has 7 heteroatoms. The van der Waals surface area contributed by atoms with E-state index in [1.165, 1.54) is 6.07 Å².